The molecule has 0 aromatic heterocycles. The monoisotopic (exact) mass is 654 g/mol. The predicted octanol–water partition coefficient (Wildman–Crippen LogP) is 11.2. The van der Waals surface area contributed by atoms with Crippen LogP contribution in [0.1, 0.15) is 43.6 Å². The van der Waals surface area contributed by atoms with Gasteiger partial charge in [-0.05, 0) is 118 Å². The van der Waals surface area contributed by atoms with Crippen LogP contribution in [0.25, 0.3) is 22.3 Å². The zero-order valence-corrected chi connectivity index (χ0v) is 28.8. The lowest BCUT2D eigenvalue weighted by Crippen LogP contribution is -2.61. The third kappa shape index (κ3) is 5.10. The van der Waals surface area contributed by atoms with E-state index in [1.165, 1.54) is 110 Å². The first-order valence-electron chi connectivity index (χ1n) is 18.6. The van der Waals surface area contributed by atoms with Gasteiger partial charge in [0.15, 0.2) is 0 Å². The molecule has 7 aromatic carbocycles. The molecule has 2 nitrogen and oxygen atoms in total. The number of anilines is 6. The van der Waals surface area contributed by atoms with Crippen LogP contribution in [-0.4, -0.2) is 6.71 Å². The molecular formula is C48H39BN2. The second-order valence-electron chi connectivity index (χ2n) is 14.4. The molecule has 3 heteroatoms. The first kappa shape index (κ1) is 30.1. The van der Waals surface area contributed by atoms with Gasteiger partial charge in [-0.15, -0.1) is 0 Å². The van der Waals surface area contributed by atoms with Gasteiger partial charge in [0.25, 0.3) is 6.71 Å². The molecule has 51 heavy (non-hydrogen) atoms. The van der Waals surface area contributed by atoms with Crippen molar-refractivity contribution in [1.82, 2.24) is 0 Å². The minimum Gasteiger partial charge on any atom is -0.311 e. The Labute approximate surface area is 301 Å². The van der Waals surface area contributed by atoms with E-state index in [4.69, 9.17) is 0 Å². The van der Waals surface area contributed by atoms with Crippen LogP contribution in [0.2, 0.25) is 0 Å². The van der Waals surface area contributed by atoms with Gasteiger partial charge in [0, 0.05) is 34.1 Å². The van der Waals surface area contributed by atoms with Crippen molar-refractivity contribution >= 4 is 57.2 Å². The molecule has 0 atom stereocenters. The highest BCUT2D eigenvalue weighted by molar-refractivity contribution is 7.00. The summed E-state index contributed by atoms with van der Waals surface area (Å²) < 4.78 is 0. The van der Waals surface area contributed by atoms with Gasteiger partial charge >= 0.3 is 0 Å². The second-order valence-corrected chi connectivity index (χ2v) is 14.4. The Hall–Kier alpha value is -5.80. The zero-order chi connectivity index (χ0) is 33.7. The molecule has 2 heterocycles. The van der Waals surface area contributed by atoms with Crippen LogP contribution >= 0.6 is 0 Å². The van der Waals surface area contributed by atoms with Gasteiger partial charge in [-0.2, -0.15) is 0 Å². The topological polar surface area (TPSA) is 6.48 Å². The Balaban J connectivity index is 1.24. The lowest BCUT2D eigenvalue weighted by molar-refractivity contribution is 0.444. The van der Waals surface area contributed by atoms with E-state index in [0.717, 1.165) is 0 Å². The third-order valence-electron chi connectivity index (χ3n) is 11.4. The summed E-state index contributed by atoms with van der Waals surface area (Å²) in [6.07, 6.45) is 6.49. The second kappa shape index (κ2) is 12.5. The van der Waals surface area contributed by atoms with E-state index >= 15 is 0 Å². The standard InChI is InChI=1S/C48H39BN2/c1-5-16-34(17-6-1)36-20-15-21-37(30-36)38-28-29-45-43(31-38)49-42-26-13-14-27-44(42)50(40-22-9-3-10-23-40)46-32-39(35-18-7-2-8-19-35)33-47(48(46)49)51(45)41-24-11-4-12-25-41/h1,3-6,9-17,20-33,35H,2,7-8,18-19H2. The number of para-hydroxylation sites is 3. The Bertz CT molecular complexity index is 2350. The molecule has 2 aliphatic heterocycles. The molecule has 1 fully saturated rings. The summed E-state index contributed by atoms with van der Waals surface area (Å²) in [7, 11) is 0. The molecule has 244 valence electrons. The van der Waals surface area contributed by atoms with Crippen LogP contribution in [0.5, 0.6) is 0 Å². The number of hydrogen-bond donors (Lipinski definition) is 0. The fourth-order valence-electron chi connectivity index (χ4n) is 9.04. The highest BCUT2D eigenvalue weighted by atomic mass is 15.2. The van der Waals surface area contributed by atoms with Crippen molar-refractivity contribution in [3.63, 3.8) is 0 Å². The first-order chi connectivity index (χ1) is 25.3. The molecular weight excluding hydrogens is 615 g/mol. The number of nitrogens with zero attached hydrogens (tertiary/aromatic N) is 2. The van der Waals surface area contributed by atoms with Crippen molar-refractivity contribution in [3.05, 3.63) is 175 Å². The molecule has 0 bridgehead atoms. The fourth-order valence-corrected chi connectivity index (χ4v) is 9.04. The molecule has 0 radical (unpaired) electrons. The van der Waals surface area contributed by atoms with Crippen LogP contribution in [0.3, 0.4) is 0 Å². The first-order valence-corrected chi connectivity index (χ1v) is 18.6. The predicted molar refractivity (Wildman–Crippen MR) is 217 cm³/mol. The molecule has 0 spiro atoms. The molecule has 0 saturated heterocycles. The smallest absolute Gasteiger partial charge is 0.252 e. The Kier molecular flexibility index (Phi) is 7.38. The van der Waals surface area contributed by atoms with Crippen LogP contribution in [0.15, 0.2) is 170 Å². The Morgan fingerprint density at radius 2 is 0.922 bits per heavy atom. The maximum atomic E-state index is 2.56. The highest BCUT2D eigenvalue weighted by Gasteiger charge is 2.43. The minimum absolute atomic E-state index is 0.0961. The number of rotatable bonds is 5. The van der Waals surface area contributed by atoms with Crippen molar-refractivity contribution in [1.29, 1.82) is 0 Å². The average Bonchev–Trinajstić information content (AvgIpc) is 3.21. The van der Waals surface area contributed by atoms with E-state index in [2.05, 4.69) is 180 Å². The third-order valence-corrected chi connectivity index (χ3v) is 11.4. The van der Waals surface area contributed by atoms with E-state index in [9.17, 15) is 0 Å². The molecule has 1 aliphatic carbocycles. The van der Waals surface area contributed by atoms with E-state index in [0.29, 0.717) is 5.92 Å². The largest absolute Gasteiger partial charge is 0.311 e. The van der Waals surface area contributed by atoms with Crippen molar-refractivity contribution in [3.8, 4) is 22.3 Å². The summed E-state index contributed by atoms with van der Waals surface area (Å²) in [6, 6.07) is 63.2. The fraction of sp³-hybridized carbons (Fsp3) is 0.125. The lowest BCUT2D eigenvalue weighted by Gasteiger charge is -2.45. The molecule has 10 rings (SSSR count). The molecule has 0 amide bonds. The van der Waals surface area contributed by atoms with E-state index in [1.54, 1.807) is 0 Å². The molecule has 0 unspecified atom stereocenters. The SMILES string of the molecule is c1ccc(-c2cccc(-c3ccc4c(c3)B3c5ccccc5N(c5ccccc5)c5cc(C6CCCCC6)cc(c53)N4c3ccccc3)c2)cc1. The Morgan fingerprint density at radius 3 is 1.59 bits per heavy atom. The maximum absolute atomic E-state index is 2.56. The molecule has 7 aromatic rings. The molecule has 0 N–H and O–H groups in total. The van der Waals surface area contributed by atoms with Crippen LogP contribution in [0, 0.1) is 0 Å². The van der Waals surface area contributed by atoms with Crippen molar-refractivity contribution in [2.75, 3.05) is 9.80 Å². The zero-order valence-electron chi connectivity index (χ0n) is 28.8. The van der Waals surface area contributed by atoms with Gasteiger partial charge in [0.05, 0.1) is 0 Å². The summed E-state index contributed by atoms with van der Waals surface area (Å²) in [5, 5.41) is 0. The lowest BCUT2D eigenvalue weighted by atomic mass is 9.33. The summed E-state index contributed by atoms with van der Waals surface area (Å²) >= 11 is 0. The van der Waals surface area contributed by atoms with Gasteiger partial charge in [0.2, 0.25) is 0 Å². The summed E-state index contributed by atoms with van der Waals surface area (Å²) in [6.45, 7) is 0.0961. The number of benzene rings is 7. The van der Waals surface area contributed by atoms with Crippen LogP contribution in [0.4, 0.5) is 34.1 Å². The van der Waals surface area contributed by atoms with E-state index < -0.39 is 0 Å². The van der Waals surface area contributed by atoms with E-state index in [1.807, 2.05) is 0 Å². The Morgan fingerprint density at radius 1 is 0.392 bits per heavy atom. The highest BCUT2D eigenvalue weighted by Crippen LogP contribution is 2.47. The minimum atomic E-state index is 0.0961. The summed E-state index contributed by atoms with van der Waals surface area (Å²) in [5.74, 6) is 0.576. The van der Waals surface area contributed by atoms with Crippen molar-refractivity contribution in [2.45, 2.75) is 38.0 Å². The molecule has 1 saturated carbocycles. The van der Waals surface area contributed by atoms with Gasteiger partial charge < -0.3 is 9.80 Å². The normalized spacial score (nSPS) is 14.9. The van der Waals surface area contributed by atoms with Gasteiger partial charge in [-0.1, -0.05) is 135 Å². The maximum Gasteiger partial charge on any atom is 0.252 e. The number of hydrogen-bond acceptors (Lipinski definition) is 2. The van der Waals surface area contributed by atoms with Gasteiger partial charge in [-0.3, -0.25) is 0 Å². The van der Waals surface area contributed by atoms with Gasteiger partial charge in [0.1, 0.15) is 0 Å². The molecule has 3 aliphatic rings. The summed E-state index contributed by atoms with van der Waals surface area (Å²) in [5.41, 5.74) is 18.1. The van der Waals surface area contributed by atoms with Crippen molar-refractivity contribution in [2.24, 2.45) is 0 Å². The van der Waals surface area contributed by atoms with Gasteiger partial charge in [-0.25, -0.2) is 0 Å². The quantitative estimate of drug-likeness (QED) is 0.170. The van der Waals surface area contributed by atoms with Crippen LogP contribution in [-0.2, 0) is 0 Å². The van der Waals surface area contributed by atoms with Crippen LogP contribution < -0.4 is 26.2 Å². The average molecular weight is 655 g/mol. The van der Waals surface area contributed by atoms with Crippen molar-refractivity contribution < 1.29 is 0 Å². The number of fused-ring (bicyclic) bond motifs is 4. The summed E-state index contributed by atoms with van der Waals surface area (Å²) in [4.78, 5) is 5.09. The van der Waals surface area contributed by atoms with E-state index in [-0.39, 0.29) is 6.71 Å².